The summed E-state index contributed by atoms with van der Waals surface area (Å²) in [4.78, 5) is 20.9. The largest absolute Gasteiger partial charge is 0.457 e. The lowest BCUT2D eigenvalue weighted by molar-refractivity contribution is -0.115. The van der Waals surface area contributed by atoms with Crippen molar-refractivity contribution in [3.8, 4) is 22.1 Å². The van der Waals surface area contributed by atoms with E-state index in [-0.39, 0.29) is 12.3 Å². The van der Waals surface area contributed by atoms with Gasteiger partial charge in [-0.15, -0.1) is 11.3 Å². The SMILES string of the molecule is O=C(Cc1csc(-c2cccnc2)n1)Nc1ccc(Oc2ccccc2)cc1. The summed E-state index contributed by atoms with van der Waals surface area (Å²) < 4.78 is 5.75. The lowest BCUT2D eigenvalue weighted by Crippen LogP contribution is -2.14. The van der Waals surface area contributed by atoms with Crippen LogP contribution in [0.3, 0.4) is 0 Å². The number of nitrogens with zero attached hydrogens (tertiary/aromatic N) is 2. The molecule has 0 saturated heterocycles. The minimum Gasteiger partial charge on any atom is -0.457 e. The highest BCUT2D eigenvalue weighted by atomic mass is 32.1. The molecule has 28 heavy (non-hydrogen) atoms. The summed E-state index contributed by atoms with van der Waals surface area (Å²) >= 11 is 1.51. The van der Waals surface area contributed by atoms with Crippen molar-refractivity contribution < 1.29 is 9.53 Å². The van der Waals surface area contributed by atoms with Crippen molar-refractivity contribution >= 4 is 22.9 Å². The summed E-state index contributed by atoms with van der Waals surface area (Å²) in [5, 5.41) is 5.65. The van der Waals surface area contributed by atoms with Gasteiger partial charge < -0.3 is 10.1 Å². The molecule has 0 aliphatic heterocycles. The molecular formula is C22H17N3O2S. The summed E-state index contributed by atoms with van der Waals surface area (Å²) in [6.07, 6.45) is 3.71. The van der Waals surface area contributed by atoms with Crippen LogP contribution in [0.25, 0.3) is 10.6 Å². The maximum absolute atomic E-state index is 12.3. The van der Waals surface area contributed by atoms with Crippen LogP contribution in [-0.2, 0) is 11.2 Å². The molecule has 0 fully saturated rings. The van der Waals surface area contributed by atoms with Gasteiger partial charge in [0.2, 0.25) is 5.91 Å². The highest BCUT2D eigenvalue weighted by Crippen LogP contribution is 2.24. The van der Waals surface area contributed by atoms with Crippen LogP contribution in [0.2, 0.25) is 0 Å². The zero-order chi connectivity index (χ0) is 19.2. The van der Waals surface area contributed by atoms with E-state index in [9.17, 15) is 4.79 Å². The first-order valence-corrected chi connectivity index (χ1v) is 9.62. The monoisotopic (exact) mass is 387 g/mol. The number of amides is 1. The number of pyridine rings is 1. The molecule has 0 spiro atoms. The van der Waals surface area contributed by atoms with Crippen LogP contribution in [0.5, 0.6) is 11.5 Å². The molecule has 0 atom stereocenters. The first kappa shape index (κ1) is 17.9. The molecular weight excluding hydrogens is 370 g/mol. The van der Waals surface area contributed by atoms with Gasteiger partial charge in [0.15, 0.2) is 0 Å². The molecule has 2 aromatic carbocycles. The number of hydrogen-bond donors (Lipinski definition) is 1. The minimum absolute atomic E-state index is 0.111. The summed E-state index contributed by atoms with van der Waals surface area (Å²) in [5.74, 6) is 1.37. The first-order valence-electron chi connectivity index (χ1n) is 8.74. The molecule has 5 nitrogen and oxygen atoms in total. The Morgan fingerprint density at radius 1 is 0.964 bits per heavy atom. The zero-order valence-corrected chi connectivity index (χ0v) is 15.7. The van der Waals surface area contributed by atoms with Crippen molar-refractivity contribution in [2.75, 3.05) is 5.32 Å². The number of carbonyl (C=O) groups excluding carboxylic acids is 1. The lowest BCUT2D eigenvalue weighted by atomic mass is 10.2. The number of aromatic nitrogens is 2. The fraction of sp³-hybridized carbons (Fsp3) is 0.0455. The maximum atomic E-state index is 12.3. The predicted molar refractivity (Wildman–Crippen MR) is 111 cm³/mol. The van der Waals surface area contributed by atoms with Crippen LogP contribution in [0.1, 0.15) is 5.69 Å². The lowest BCUT2D eigenvalue weighted by Gasteiger charge is -2.07. The molecule has 1 amide bonds. The van der Waals surface area contributed by atoms with E-state index in [0.717, 1.165) is 22.0 Å². The highest BCUT2D eigenvalue weighted by Gasteiger charge is 2.10. The summed E-state index contributed by atoms with van der Waals surface area (Å²) in [6.45, 7) is 0. The number of benzene rings is 2. The first-order chi connectivity index (χ1) is 13.8. The van der Waals surface area contributed by atoms with Crippen molar-refractivity contribution in [3.63, 3.8) is 0 Å². The Kier molecular flexibility index (Phi) is 5.40. The van der Waals surface area contributed by atoms with Gasteiger partial charge in [-0.25, -0.2) is 4.98 Å². The molecule has 0 saturated carbocycles. The van der Waals surface area contributed by atoms with Gasteiger partial charge in [-0.05, 0) is 48.5 Å². The smallest absolute Gasteiger partial charge is 0.230 e. The Labute approximate surface area is 166 Å². The van der Waals surface area contributed by atoms with E-state index < -0.39 is 0 Å². The summed E-state index contributed by atoms with van der Waals surface area (Å²) in [7, 11) is 0. The Morgan fingerprint density at radius 2 is 1.75 bits per heavy atom. The molecule has 6 heteroatoms. The second-order valence-corrected chi connectivity index (χ2v) is 6.91. The van der Waals surface area contributed by atoms with Crippen LogP contribution < -0.4 is 10.1 Å². The van der Waals surface area contributed by atoms with E-state index in [1.807, 2.05) is 72.1 Å². The molecule has 2 heterocycles. The van der Waals surface area contributed by atoms with Crippen LogP contribution in [-0.4, -0.2) is 15.9 Å². The van der Waals surface area contributed by atoms with Crippen molar-refractivity contribution in [3.05, 3.63) is 90.2 Å². The van der Waals surface area contributed by atoms with Gasteiger partial charge in [-0.2, -0.15) is 0 Å². The van der Waals surface area contributed by atoms with Crippen molar-refractivity contribution in [1.82, 2.24) is 9.97 Å². The summed E-state index contributed by atoms with van der Waals surface area (Å²) in [6, 6.07) is 20.7. The second-order valence-electron chi connectivity index (χ2n) is 6.05. The third-order valence-electron chi connectivity index (χ3n) is 3.92. The van der Waals surface area contributed by atoms with Gasteiger partial charge in [0.05, 0.1) is 12.1 Å². The average molecular weight is 387 g/mol. The number of nitrogens with one attached hydrogen (secondary N) is 1. The number of thiazole rings is 1. The van der Waals surface area contributed by atoms with E-state index in [1.165, 1.54) is 11.3 Å². The van der Waals surface area contributed by atoms with Crippen LogP contribution >= 0.6 is 11.3 Å². The maximum Gasteiger partial charge on any atom is 0.230 e. The van der Waals surface area contributed by atoms with Crippen molar-refractivity contribution in [2.45, 2.75) is 6.42 Å². The molecule has 0 radical (unpaired) electrons. The average Bonchev–Trinajstić information content (AvgIpc) is 3.19. The van der Waals surface area contributed by atoms with E-state index in [2.05, 4.69) is 15.3 Å². The third-order valence-corrected chi connectivity index (χ3v) is 4.86. The number of ether oxygens (including phenoxy) is 1. The minimum atomic E-state index is -0.111. The Bertz CT molecular complexity index is 1050. The molecule has 0 unspecified atom stereocenters. The molecule has 0 aliphatic rings. The van der Waals surface area contributed by atoms with Gasteiger partial charge in [0.1, 0.15) is 16.5 Å². The number of carbonyl (C=O) groups is 1. The van der Waals surface area contributed by atoms with Crippen molar-refractivity contribution in [1.29, 1.82) is 0 Å². The predicted octanol–water partition coefficient (Wildman–Crippen LogP) is 5.18. The van der Waals surface area contributed by atoms with E-state index in [0.29, 0.717) is 11.4 Å². The quantitative estimate of drug-likeness (QED) is 0.495. The number of anilines is 1. The topological polar surface area (TPSA) is 64.1 Å². The van der Waals surface area contributed by atoms with Gasteiger partial charge in [-0.3, -0.25) is 9.78 Å². The highest BCUT2D eigenvalue weighted by molar-refractivity contribution is 7.13. The van der Waals surface area contributed by atoms with E-state index in [1.54, 1.807) is 12.4 Å². The molecule has 2 aromatic heterocycles. The zero-order valence-electron chi connectivity index (χ0n) is 14.9. The third kappa shape index (κ3) is 4.61. The summed E-state index contributed by atoms with van der Waals surface area (Å²) in [5.41, 5.74) is 2.41. The van der Waals surface area contributed by atoms with Crippen LogP contribution in [0.15, 0.2) is 84.5 Å². The van der Waals surface area contributed by atoms with Gasteiger partial charge >= 0.3 is 0 Å². The number of para-hydroxylation sites is 1. The van der Waals surface area contributed by atoms with Crippen LogP contribution in [0.4, 0.5) is 5.69 Å². The van der Waals surface area contributed by atoms with Gasteiger partial charge in [-0.1, -0.05) is 18.2 Å². The van der Waals surface area contributed by atoms with Gasteiger partial charge in [0.25, 0.3) is 0 Å². The molecule has 1 N–H and O–H groups in total. The van der Waals surface area contributed by atoms with Crippen LogP contribution in [0, 0.1) is 0 Å². The standard InChI is InChI=1S/C22H17N3O2S/c26-21(13-18-15-28-22(25-18)16-5-4-12-23-14-16)24-17-8-10-20(11-9-17)27-19-6-2-1-3-7-19/h1-12,14-15H,13H2,(H,24,26). The fourth-order valence-corrected chi connectivity index (χ4v) is 3.42. The van der Waals surface area contributed by atoms with E-state index >= 15 is 0 Å². The normalized spacial score (nSPS) is 10.4. The Balaban J connectivity index is 1.34. The van der Waals surface area contributed by atoms with Crippen molar-refractivity contribution in [2.24, 2.45) is 0 Å². The molecule has 0 bridgehead atoms. The molecule has 0 aliphatic carbocycles. The molecule has 138 valence electrons. The second kappa shape index (κ2) is 8.45. The number of rotatable bonds is 6. The fourth-order valence-electron chi connectivity index (χ4n) is 2.61. The molecule has 4 rings (SSSR count). The Hall–Kier alpha value is -3.51. The van der Waals surface area contributed by atoms with Gasteiger partial charge in [0, 0.05) is 29.0 Å². The Morgan fingerprint density at radius 3 is 2.50 bits per heavy atom. The number of hydrogen-bond acceptors (Lipinski definition) is 5. The molecule has 4 aromatic rings. The van der Waals surface area contributed by atoms with E-state index in [4.69, 9.17) is 4.74 Å².